The van der Waals surface area contributed by atoms with Crippen molar-refractivity contribution in [3.63, 3.8) is 0 Å². The van der Waals surface area contributed by atoms with Gasteiger partial charge in [-0.05, 0) is 12.1 Å². The smallest absolute Gasteiger partial charge is 0.259 e. The van der Waals surface area contributed by atoms with Crippen LogP contribution in [0, 0.1) is 0 Å². The molecule has 0 spiro atoms. The molecule has 0 aliphatic heterocycles. The van der Waals surface area contributed by atoms with Crippen LogP contribution in [0.1, 0.15) is 0 Å². The Labute approximate surface area is 86.4 Å². The first-order valence-corrected chi connectivity index (χ1v) is 6.00. The molecule has 1 aromatic carbocycles. The Kier molecular flexibility index (Phi) is 3.05. The lowest BCUT2D eigenvalue weighted by Crippen LogP contribution is -2.21. The van der Waals surface area contributed by atoms with Crippen LogP contribution < -0.4 is 4.31 Å². The summed E-state index contributed by atoms with van der Waals surface area (Å²) in [6, 6.07) is 6.55. The van der Waals surface area contributed by atoms with Crippen LogP contribution in [0.15, 0.2) is 24.3 Å². The van der Waals surface area contributed by atoms with Crippen LogP contribution in [-0.4, -0.2) is 15.5 Å². The molecule has 13 heavy (non-hydrogen) atoms. The molecule has 72 valence electrons. The largest absolute Gasteiger partial charge is 0.321 e. The van der Waals surface area contributed by atoms with E-state index in [0.717, 1.165) is 4.31 Å². The van der Waals surface area contributed by atoms with Crippen molar-refractivity contribution in [2.75, 3.05) is 11.4 Å². The zero-order valence-electron chi connectivity index (χ0n) is 6.74. The molecule has 0 radical (unpaired) electrons. The molecule has 1 aromatic rings. The quantitative estimate of drug-likeness (QED) is 0.743. The van der Waals surface area contributed by atoms with Crippen LogP contribution in [-0.2, 0) is 9.24 Å². The van der Waals surface area contributed by atoms with Crippen LogP contribution in [0.25, 0.3) is 0 Å². The maximum absolute atomic E-state index is 10.9. The lowest BCUT2D eigenvalue weighted by atomic mass is 10.3. The van der Waals surface area contributed by atoms with E-state index in [1.165, 1.54) is 7.05 Å². The van der Waals surface area contributed by atoms with Gasteiger partial charge in [0.2, 0.25) is 0 Å². The summed E-state index contributed by atoms with van der Waals surface area (Å²) in [6.07, 6.45) is 0. The second-order valence-corrected chi connectivity index (χ2v) is 5.31. The van der Waals surface area contributed by atoms with E-state index in [0.29, 0.717) is 10.7 Å². The third-order valence-electron chi connectivity index (χ3n) is 1.52. The van der Waals surface area contributed by atoms with Crippen molar-refractivity contribution in [2.45, 2.75) is 0 Å². The summed E-state index contributed by atoms with van der Waals surface area (Å²) in [5, 5.41) is 0.342. The standard InChI is InChI=1S/C7H7Cl2NO2S/c1-10(13(9,11)12)7-5-3-2-4-6(7)8/h2-5H,1H3. The predicted molar refractivity (Wildman–Crippen MR) is 54.6 cm³/mol. The van der Waals surface area contributed by atoms with E-state index in [4.69, 9.17) is 22.3 Å². The molecule has 0 N–H and O–H groups in total. The van der Waals surface area contributed by atoms with E-state index in [-0.39, 0.29) is 0 Å². The first-order chi connectivity index (χ1) is 5.93. The molecule has 3 nitrogen and oxygen atoms in total. The Morgan fingerprint density at radius 3 is 2.31 bits per heavy atom. The Balaban J connectivity index is 3.17. The number of halogens is 2. The fourth-order valence-electron chi connectivity index (χ4n) is 0.825. The number of rotatable bonds is 2. The molecule has 1 rings (SSSR count). The molecule has 0 fully saturated rings. The fraction of sp³-hybridized carbons (Fsp3) is 0.143. The third-order valence-corrected chi connectivity index (χ3v) is 3.31. The highest BCUT2D eigenvalue weighted by Gasteiger charge is 2.16. The van der Waals surface area contributed by atoms with E-state index in [1.54, 1.807) is 24.3 Å². The molecule has 0 atom stereocenters. The predicted octanol–water partition coefficient (Wildman–Crippen LogP) is 2.26. The number of nitrogens with zero attached hydrogens (tertiary/aromatic N) is 1. The van der Waals surface area contributed by atoms with Crippen LogP contribution in [0.2, 0.25) is 5.02 Å². The zero-order chi connectivity index (χ0) is 10.1. The highest BCUT2D eigenvalue weighted by atomic mass is 35.7. The molecule has 0 aliphatic carbocycles. The topological polar surface area (TPSA) is 37.4 Å². The van der Waals surface area contributed by atoms with Gasteiger partial charge in [0.15, 0.2) is 0 Å². The van der Waals surface area contributed by atoms with Gasteiger partial charge in [0.25, 0.3) is 0 Å². The summed E-state index contributed by atoms with van der Waals surface area (Å²) in [4.78, 5) is 0. The van der Waals surface area contributed by atoms with Gasteiger partial charge in [0.1, 0.15) is 0 Å². The molecule has 0 aliphatic rings. The zero-order valence-corrected chi connectivity index (χ0v) is 9.07. The van der Waals surface area contributed by atoms with Gasteiger partial charge in [-0.15, -0.1) is 0 Å². The van der Waals surface area contributed by atoms with Crippen LogP contribution >= 0.6 is 22.3 Å². The van der Waals surface area contributed by atoms with E-state index >= 15 is 0 Å². The van der Waals surface area contributed by atoms with Gasteiger partial charge in [-0.1, -0.05) is 23.7 Å². The van der Waals surface area contributed by atoms with Gasteiger partial charge in [-0.25, -0.2) is 0 Å². The second kappa shape index (κ2) is 3.74. The molecule has 6 heteroatoms. The van der Waals surface area contributed by atoms with Crippen LogP contribution in [0.3, 0.4) is 0 Å². The van der Waals surface area contributed by atoms with Gasteiger partial charge in [-0.2, -0.15) is 8.42 Å². The summed E-state index contributed by atoms with van der Waals surface area (Å²) >= 11 is 5.76. The fourth-order valence-corrected chi connectivity index (χ4v) is 1.75. The summed E-state index contributed by atoms with van der Waals surface area (Å²) < 4.78 is 22.7. The average Bonchev–Trinajstić information content (AvgIpc) is 2.02. The van der Waals surface area contributed by atoms with Crippen molar-refractivity contribution >= 4 is 37.2 Å². The maximum Gasteiger partial charge on any atom is 0.321 e. The van der Waals surface area contributed by atoms with E-state index < -0.39 is 9.24 Å². The van der Waals surface area contributed by atoms with Crippen molar-refractivity contribution in [1.29, 1.82) is 0 Å². The maximum atomic E-state index is 10.9. The molecule has 0 saturated heterocycles. The van der Waals surface area contributed by atoms with Crippen molar-refractivity contribution in [2.24, 2.45) is 0 Å². The minimum atomic E-state index is -3.76. The summed E-state index contributed by atoms with van der Waals surface area (Å²) in [6.45, 7) is 0. The minimum Gasteiger partial charge on any atom is -0.259 e. The van der Waals surface area contributed by atoms with Gasteiger partial charge in [0.05, 0.1) is 10.7 Å². The Morgan fingerprint density at radius 2 is 1.85 bits per heavy atom. The van der Waals surface area contributed by atoms with Gasteiger partial charge in [0, 0.05) is 17.7 Å². The lowest BCUT2D eigenvalue weighted by molar-refractivity contribution is 0.608. The summed E-state index contributed by atoms with van der Waals surface area (Å²) in [5.74, 6) is 0. The molecular weight excluding hydrogens is 233 g/mol. The monoisotopic (exact) mass is 239 g/mol. The molecule has 0 bridgehead atoms. The van der Waals surface area contributed by atoms with Crippen LogP contribution in [0.4, 0.5) is 5.69 Å². The number of hydrogen-bond donors (Lipinski definition) is 0. The minimum absolute atomic E-state index is 0.342. The first-order valence-electron chi connectivity index (χ1n) is 3.36. The van der Waals surface area contributed by atoms with Crippen molar-refractivity contribution in [1.82, 2.24) is 0 Å². The third kappa shape index (κ3) is 2.49. The molecular formula is C7H7Cl2NO2S. The number of anilines is 1. The van der Waals surface area contributed by atoms with Gasteiger partial charge < -0.3 is 0 Å². The van der Waals surface area contributed by atoms with Crippen molar-refractivity contribution < 1.29 is 8.42 Å². The second-order valence-electron chi connectivity index (χ2n) is 2.36. The Hall–Kier alpha value is -0.450. The SMILES string of the molecule is CN(c1ccccc1Cl)S(=O)(=O)Cl. The highest BCUT2D eigenvalue weighted by molar-refractivity contribution is 8.14. The van der Waals surface area contributed by atoms with E-state index in [2.05, 4.69) is 0 Å². The lowest BCUT2D eigenvalue weighted by Gasteiger charge is -2.15. The number of para-hydroxylation sites is 1. The van der Waals surface area contributed by atoms with E-state index in [1.807, 2.05) is 0 Å². The molecule has 0 aromatic heterocycles. The van der Waals surface area contributed by atoms with Crippen molar-refractivity contribution in [3.8, 4) is 0 Å². The Bertz CT molecular complexity index is 405. The van der Waals surface area contributed by atoms with Crippen molar-refractivity contribution in [3.05, 3.63) is 29.3 Å². The van der Waals surface area contributed by atoms with Crippen LogP contribution in [0.5, 0.6) is 0 Å². The summed E-state index contributed by atoms with van der Waals surface area (Å²) in [7, 11) is 2.71. The average molecular weight is 240 g/mol. The van der Waals surface area contributed by atoms with Gasteiger partial charge in [-0.3, -0.25) is 4.31 Å². The highest BCUT2D eigenvalue weighted by Crippen LogP contribution is 2.26. The number of benzene rings is 1. The molecule has 0 amide bonds. The molecule has 0 unspecified atom stereocenters. The summed E-state index contributed by atoms with van der Waals surface area (Å²) in [5.41, 5.74) is 0.360. The first kappa shape index (κ1) is 10.6. The Morgan fingerprint density at radius 1 is 1.31 bits per heavy atom. The number of hydrogen-bond acceptors (Lipinski definition) is 2. The van der Waals surface area contributed by atoms with E-state index in [9.17, 15) is 8.42 Å². The molecule has 0 saturated carbocycles. The molecule has 0 heterocycles. The van der Waals surface area contributed by atoms with Gasteiger partial charge >= 0.3 is 9.24 Å². The normalized spacial score (nSPS) is 11.3.